The molecule has 0 unspecified atom stereocenters. The minimum Gasteiger partial charge on any atom is -0.311 e. The summed E-state index contributed by atoms with van der Waals surface area (Å²) in [5.41, 5.74) is 35.1. The third-order valence-corrected chi connectivity index (χ3v) is 41.1. The van der Waals surface area contributed by atoms with E-state index in [1.165, 1.54) is 125 Å². The van der Waals surface area contributed by atoms with Crippen molar-refractivity contribution in [3.63, 3.8) is 0 Å². The highest BCUT2D eigenvalue weighted by molar-refractivity contribution is 9.10. The van der Waals surface area contributed by atoms with Crippen LogP contribution in [-0.2, 0) is 21.7 Å². The van der Waals surface area contributed by atoms with Crippen molar-refractivity contribution >= 4 is 194 Å². The maximum Gasteiger partial charge on any atom is 0.251 e. The molecule has 0 aliphatic carbocycles. The monoisotopic (exact) mass is 2000 g/mol. The van der Waals surface area contributed by atoms with E-state index in [2.05, 4.69) is 609 Å². The highest BCUT2D eigenvalue weighted by Gasteiger charge is 2.57. The summed E-state index contributed by atoms with van der Waals surface area (Å²) in [6, 6.07) is 182. The molecular weight excluding hydrogens is 1890 g/mol. The van der Waals surface area contributed by atoms with Gasteiger partial charge in [-0.15, -0.1) is 0 Å². The van der Waals surface area contributed by atoms with Gasteiger partial charge < -0.3 is 24.5 Å². The second-order valence-corrected chi connectivity index (χ2v) is 52.1. The van der Waals surface area contributed by atoms with Gasteiger partial charge in [0.1, 0.15) is 0 Å². The second-order valence-electron chi connectivity index (χ2n) is 43.4. The predicted octanol–water partition coefficient (Wildman–Crippen LogP) is 30.5. The first-order chi connectivity index (χ1) is 70.8. The van der Waals surface area contributed by atoms with Crippen LogP contribution in [0.2, 0.25) is 5.02 Å². The summed E-state index contributed by atoms with van der Waals surface area (Å²) in [5, 5.41) is 11.5. The molecule has 6 bridgehead atoms. The Morgan fingerprint density at radius 2 is 0.479 bits per heavy atom. The van der Waals surface area contributed by atoms with Crippen molar-refractivity contribution < 1.29 is 0 Å². The topological polar surface area (TPSA) is 16.2 Å². The molecule has 0 aromatic heterocycles. The fourth-order valence-corrected chi connectivity index (χ4v) is 34.3. The van der Waals surface area contributed by atoms with E-state index in [0.717, 1.165) is 89.3 Å². The van der Waals surface area contributed by atoms with Gasteiger partial charge in [-0.05, 0) is 249 Å². The smallest absolute Gasteiger partial charge is 0.251 e. The predicted molar refractivity (Wildman–Crippen MR) is 635 cm³/mol. The number of nitrogens with zero attached hydrogens (tertiary/aromatic N) is 5. The van der Waals surface area contributed by atoms with Gasteiger partial charge in [0, 0.05) is 72.8 Å². The number of hydrogen-bond acceptors (Lipinski definition) is 5. The number of hydrogen-bond donors (Lipinski definition) is 0. The lowest BCUT2D eigenvalue weighted by Crippen LogP contribution is -2.88. The van der Waals surface area contributed by atoms with Gasteiger partial charge in [-0.3, -0.25) is 0 Å². The minimum absolute atomic E-state index is 0.0231. The molecule has 0 saturated heterocycles. The van der Waals surface area contributed by atoms with Crippen LogP contribution >= 0.6 is 27.5 Å². The average Bonchev–Trinajstić information content (AvgIpc) is 0.657. The number of rotatable bonds is 15. The van der Waals surface area contributed by atoms with E-state index in [1.54, 1.807) is 0 Å². The molecule has 5 nitrogen and oxygen atoms in total. The van der Waals surface area contributed by atoms with Gasteiger partial charge in [-0.25, -0.2) is 0 Å². The van der Waals surface area contributed by atoms with Gasteiger partial charge in [-0.1, -0.05) is 471 Å². The molecule has 20 aromatic rings. The van der Waals surface area contributed by atoms with Gasteiger partial charge in [0.15, 0.2) is 16.1 Å². The molecule has 146 heavy (non-hydrogen) atoms. The summed E-state index contributed by atoms with van der Waals surface area (Å²) in [5.74, 6) is 0. The van der Waals surface area contributed by atoms with Gasteiger partial charge in [0.2, 0.25) is 0 Å². The third-order valence-electron chi connectivity index (χ3n) is 30.4. The van der Waals surface area contributed by atoms with Crippen LogP contribution in [0.3, 0.4) is 0 Å². The van der Waals surface area contributed by atoms with Crippen LogP contribution in [0.15, 0.2) is 490 Å². The quantitative estimate of drug-likeness (QED) is 0.0948. The van der Waals surface area contributed by atoms with Gasteiger partial charge >= 0.3 is 0 Å². The zero-order valence-electron chi connectivity index (χ0n) is 84.8. The summed E-state index contributed by atoms with van der Waals surface area (Å²) in [6.45, 7) is 27.3. The molecule has 24 rings (SSSR count). The Kier molecular flexibility index (Phi) is 24.3. The lowest BCUT2D eigenvalue weighted by atomic mass is 9.33. The summed E-state index contributed by atoms with van der Waals surface area (Å²) in [4.78, 5) is 12.6. The summed E-state index contributed by atoms with van der Waals surface area (Å²) < 4.78 is 0.915. The molecule has 0 radical (unpaired) electrons. The van der Waals surface area contributed by atoms with Crippen molar-refractivity contribution in [3.8, 4) is 44.5 Å². The zero-order valence-corrected chi connectivity index (χ0v) is 89.1. The fraction of sp³-hybridized carbons (Fsp3) is 0.118. The zero-order chi connectivity index (χ0) is 100. The molecule has 0 amide bonds. The first kappa shape index (κ1) is 94.3. The fourth-order valence-electron chi connectivity index (χ4n) is 23.4. The summed E-state index contributed by atoms with van der Waals surface area (Å²) in [7, 11) is -6.16. The molecule has 0 atom stereocenters. The highest BCUT2D eigenvalue weighted by Crippen LogP contribution is 2.56. The number of anilines is 15. The minimum atomic E-state index is -3.10. The Bertz CT molecular complexity index is 7810. The molecule has 0 fully saturated rings. The van der Waals surface area contributed by atoms with Crippen molar-refractivity contribution in [1.29, 1.82) is 0 Å². The van der Waals surface area contributed by atoms with E-state index in [0.29, 0.717) is 5.02 Å². The second kappa shape index (κ2) is 37.7. The van der Waals surface area contributed by atoms with Crippen LogP contribution in [0.1, 0.15) is 105 Å². The van der Waals surface area contributed by atoms with Gasteiger partial charge in [0.25, 0.3) is 6.71 Å². The average molecular weight is 2000 g/mol. The maximum absolute atomic E-state index is 7.47. The Labute approximate surface area is 877 Å². The molecule has 0 N–H and O–H groups in total. The van der Waals surface area contributed by atoms with Crippen LogP contribution < -0.4 is 82.4 Å². The molecule has 4 aliphatic rings. The van der Waals surface area contributed by atoms with Crippen LogP contribution in [0.25, 0.3) is 44.5 Å². The van der Waals surface area contributed by atoms with Crippen molar-refractivity contribution in [2.45, 2.75) is 105 Å². The van der Waals surface area contributed by atoms with Crippen LogP contribution in [0.4, 0.5) is 85.3 Å². The largest absolute Gasteiger partial charge is 0.311 e. The van der Waals surface area contributed by atoms with Crippen molar-refractivity contribution in [2.75, 3.05) is 24.5 Å². The molecule has 4 heterocycles. The third kappa shape index (κ3) is 16.5. The molecule has 0 spiro atoms. The van der Waals surface area contributed by atoms with E-state index in [4.69, 9.17) is 11.6 Å². The van der Waals surface area contributed by atoms with Crippen LogP contribution in [0, 0.1) is 0 Å². The molecule has 4 aliphatic heterocycles. The van der Waals surface area contributed by atoms with Gasteiger partial charge in [0.05, 0.1) is 44.3 Å². The molecule has 20 aromatic carbocycles. The van der Waals surface area contributed by atoms with Crippen molar-refractivity contribution in [2.24, 2.45) is 0 Å². The lowest BCUT2D eigenvalue weighted by molar-refractivity contribution is 0.590. The van der Waals surface area contributed by atoms with E-state index in [-0.39, 0.29) is 28.4 Å². The van der Waals surface area contributed by atoms with E-state index < -0.39 is 16.1 Å². The SMILES string of the molecule is CC(C)(C)c1ccc(-c2ccccc2N2c3cc(N(c4ccccc4)c4ccccc4)cc4c3B3c5c2cccc5[Si](c2ccccc2)(c2ccccc2)c2cccc(c23)N4c2ccccc2-c2ccc(C(C)(C)C)cc2)cc1.CC(C)(C)c1ccc(-c2ccccc2N2c3cccc(c3)[Si](c3ccccc3)(c3ccccc3)c3cccc(c3)N(c3ccccc3-c3ccc(C(C)(C)C)cc3)c3cc(Cl)cc2c3Br)cc1. The van der Waals surface area contributed by atoms with E-state index in [1.807, 2.05) is 0 Å². The van der Waals surface area contributed by atoms with E-state index in [9.17, 15) is 0 Å². The number of fused-ring (bicyclic) bond motifs is 6. The molecule has 710 valence electrons. The van der Waals surface area contributed by atoms with Crippen molar-refractivity contribution in [3.05, 3.63) is 517 Å². The molecule has 0 saturated carbocycles. The number of halogens is 2. The lowest BCUT2D eigenvalue weighted by Gasteiger charge is -2.52. The Morgan fingerprint density at radius 3 is 0.788 bits per heavy atom. The first-order valence-corrected chi connectivity index (χ1v) is 56.3. The highest BCUT2D eigenvalue weighted by atomic mass is 79.9. The van der Waals surface area contributed by atoms with Gasteiger partial charge in [-0.2, -0.15) is 0 Å². The van der Waals surface area contributed by atoms with Crippen LogP contribution in [-0.4, -0.2) is 22.9 Å². The maximum atomic E-state index is 7.47. The van der Waals surface area contributed by atoms with Crippen LogP contribution in [0.5, 0.6) is 0 Å². The summed E-state index contributed by atoms with van der Waals surface area (Å²) >= 11 is 11.8. The Morgan fingerprint density at radius 1 is 0.219 bits per heavy atom. The Hall–Kier alpha value is -15.3. The first-order valence-electron chi connectivity index (χ1n) is 51.1. The molecule has 10 heteroatoms. The number of benzene rings is 20. The Balaban J connectivity index is 0.000000163. The molecular formula is C136H116BBrClN5Si2. The standard InChI is InChI=1S/C74H62BN3Si.C62H54BrClN2Si/c1-73(2,3)53-45-41-51(42-46-53)60-33-19-21-35-62(60)77-64-37-23-39-68-71(64)75-70-66(77)49-57(76(55-25-11-7-12-26-55)56-27-13-8-14-28-56)50-67(70)78(63-36-22-20-34-61(63)52-43-47-54(48-44-52)74(4,5)6)65-38-24-40-69(72(65)75)79(68,58-29-15-9-16-30-58)59-31-17-10-18-32-59;1-61(2,3)45-35-31-43(32-36-45)54-27-13-15-29-56(54)65-48-19-17-25-52(41-48)67(50-21-9-7-10-22-50,51-23-11-8-12-24-51)53-26-18-20-49(42-53)66(59-40-47(64)39-58(65)60(59)63)57-30-16-14-28-55(57)44-33-37-46(38-34-44)62(4,5)6/h7-50H,1-6H3;7-42H,1-6H3. The number of para-hydroxylation sites is 6. The van der Waals surface area contributed by atoms with Crippen molar-refractivity contribution in [1.82, 2.24) is 0 Å². The van der Waals surface area contributed by atoms with E-state index >= 15 is 0 Å². The summed E-state index contributed by atoms with van der Waals surface area (Å²) in [6.07, 6.45) is 0. The normalized spacial score (nSPS) is 13.6.